The van der Waals surface area contributed by atoms with E-state index in [4.69, 9.17) is 63.9 Å². The summed E-state index contributed by atoms with van der Waals surface area (Å²) in [6.45, 7) is 8.42. The Morgan fingerprint density at radius 1 is 0.475 bits per heavy atom. The third kappa shape index (κ3) is 20.6. The maximum Gasteiger partial charge on any atom is 0.530 e. The average molecular weight is 960 g/mol. The molecule has 0 saturated heterocycles. The number of hydrogen-bond acceptors (Lipinski definition) is 12. The Labute approximate surface area is 370 Å². The first-order valence-electron chi connectivity index (χ1n) is 21.0. The molecule has 3 aromatic rings. The Morgan fingerprint density at radius 2 is 0.951 bits per heavy atom. The van der Waals surface area contributed by atoms with Crippen LogP contribution in [0.2, 0.25) is 10.0 Å². The molecule has 0 saturated carbocycles. The van der Waals surface area contributed by atoms with Gasteiger partial charge in [0, 0.05) is 11.1 Å². The fourth-order valence-corrected chi connectivity index (χ4v) is 9.54. The van der Waals surface area contributed by atoms with Crippen LogP contribution in [0.3, 0.4) is 0 Å². The molecule has 0 fully saturated rings. The number of hydrogen-bond donors (Lipinski definition) is 0. The molecule has 0 N–H and O–H groups in total. The molecule has 0 aliphatic rings. The first-order valence-corrected chi connectivity index (χ1v) is 26.2. The summed E-state index contributed by atoms with van der Waals surface area (Å²) in [6.07, 6.45) is 8.38. The van der Waals surface area contributed by atoms with Gasteiger partial charge in [0.05, 0.1) is 44.7 Å². The molecule has 0 bridgehead atoms. The standard InChI is InChI=1S/C42H61Cl2F2O12P3/c1-5-9-25-50-59(47,54-29-15-13-17-34-19-23-39(45)42(31-34)58-61(49,52-27-11-7-3)53-28-12-8-4)56-37-22-20-35(40(46)33-37)18-14-16-30-55-60(48,51-26-10-6-2)57-41-24-21-36(43)32-38(41)44/h19-24,31-33H,5-18,25-30H2,1-4H3. The summed E-state index contributed by atoms with van der Waals surface area (Å²) in [5.74, 6) is -1.43. The summed E-state index contributed by atoms with van der Waals surface area (Å²) >= 11 is 12.2. The largest absolute Gasteiger partial charge is 0.530 e. The van der Waals surface area contributed by atoms with E-state index in [1.54, 1.807) is 12.1 Å². The zero-order valence-electron chi connectivity index (χ0n) is 35.6. The molecular formula is C42H61Cl2F2O12P3. The van der Waals surface area contributed by atoms with Crippen molar-refractivity contribution in [3.63, 3.8) is 0 Å². The molecule has 0 spiro atoms. The van der Waals surface area contributed by atoms with Crippen molar-refractivity contribution in [1.82, 2.24) is 0 Å². The van der Waals surface area contributed by atoms with Crippen LogP contribution >= 0.6 is 46.7 Å². The quantitative estimate of drug-likeness (QED) is 0.0416. The molecule has 19 heteroatoms. The summed E-state index contributed by atoms with van der Waals surface area (Å²) in [5.41, 5.74) is 1.09. The maximum absolute atomic E-state index is 15.3. The van der Waals surface area contributed by atoms with E-state index < -0.39 is 35.1 Å². The highest BCUT2D eigenvalue weighted by atomic mass is 35.5. The van der Waals surface area contributed by atoms with Crippen molar-refractivity contribution in [3.8, 4) is 17.2 Å². The molecule has 3 rings (SSSR count). The van der Waals surface area contributed by atoms with E-state index >= 15 is 4.39 Å². The van der Waals surface area contributed by atoms with Crippen molar-refractivity contribution in [2.24, 2.45) is 0 Å². The van der Waals surface area contributed by atoms with Gasteiger partial charge in [-0.1, -0.05) is 88.7 Å². The van der Waals surface area contributed by atoms with Crippen LogP contribution in [0, 0.1) is 11.6 Å². The summed E-state index contributed by atoms with van der Waals surface area (Å²) < 4.78 is 120. The van der Waals surface area contributed by atoms with E-state index in [2.05, 4.69) is 0 Å². The molecule has 0 aliphatic carbocycles. The van der Waals surface area contributed by atoms with Gasteiger partial charge < -0.3 is 13.6 Å². The van der Waals surface area contributed by atoms with Crippen LogP contribution < -0.4 is 13.6 Å². The third-order valence-electron chi connectivity index (χ3n) is 8.74. The van der Waals surface area contributed by atoms with Gasteiger partial charge in [-0.05, 0) is 112 Å². The van der Waals surface area contributed by atoms with Crippen molar-refractivity contribution < 1.29 is 63.2 Å². The van der Waals surface area contributed by atoms with E-state index in [1.165, 1.54) is 36.4 Å². The molecule has 12 nitrogen and oxygen atoms in total. The molecule has 0 aromatic heterocycles. The van der Waals surface area contributed by atoms with E-state index in [-0.39, 0.29) is 61.9 Å². The first kappa shape index (κ1) is 53.3. The van der Waals surface area contributed by atoms with Gasteiger partial charge in [0.2, 0.25) is 0 Å². The van der Waals surface area contributed by atoms with Gasteiger partial charge in [-0.2, -0.15) is 0 Å². The van der Waals surface area contributed by atoms with Crippen LogP contribution in [-0.4, -0.2) is 39.6 Å². The van der Waals surface area contributed by atoms with Gasteiger partial charge in [0.15, 0.2) is 11.6 Å². The van der Waals surface area contributed by atoms with Crippen molar-refractivity contribution in [3.05, 3.63) is 87.4 Å². The fourth-order valence-electron chi connectivity index (χ4n) is 5.23. The second-order valence-corrected chi connectivity index (χ2v) is 19.7. The zero-order valence-corrected chi connectivity index (χ0v) is 39.8. The zero-order chi connectivity index (χ0) is 44.6. The second-order valence-electron chi connectivity index (χ2n) is 14.0. The number of unbranched alkanes of at least 4 members (excludes halogenated alkanes) is 6. The van der Waals surface area contributed by atoms with Crippen LogP contribution in [-0.2, 0) is 53.7 Å². The molecule has 2 atom stereocenters. The maximum atomic E-state index is 15.3. The molecule has 0 aliphatic heterocycles. The molecule has 2 unspecified atom stereocenters. The van der Waals surface area contributed by atoms with Crippen molar-refractivity contribution in [2.45, 2.75) is 118 Å². The second kappa shape index (κ2) is 28.7. The van der Waals surface area contributed by atoms with Gasteiger partial charge in [0.25, 0.3) is 0 Å². The highest BCUT2D eigenvalue weighted by molar-refractivity contribution is 7.49. The number of halogens is 4. The molecule has 344 valence electrons. The van der Waals surface area contributed by atoms with Crippen molar-refractivity contribution in [1.29, 1.82) is 0 Å². The highest BCUT2D eigenvalue weighted by Crippen LogP contribution is 2.53. The van der Waals surface area contributed by atoms with E-state index in [0.717, 1.165) is 31.7 Å². The van der Waals surface area contributed by atoms with E-state index in [1.807, 2.05) is 27.7 Å². The predicted molar refractivity (Wildman–Crippen MR) is 235 cm³/mol. The molecule has 0 radical (unpaired) electrons. The minimum atomic E-state index is -4.14. The van der Waals surface area contributed by atoms with Gasteiger partial charge >= 0.3 is 23.5 Å². The van der Waals surface area contributed by atoms with Crippen LogP contribution in [0.25, 0.3) is 0 Å². The topological polar surface area (TPSA) is 134 Å². The monoisotopic (exact) mass is 958 g/mol. The molecular weight excluding hydrogens is 898 g/mol. The lowest BCUT2D eigenvalue weighted by Crippen LogP contribution is -2.06. The summed E-state index contributed by atoms with van der Waals surface area (Å²) in [6, 6.07) is 12.9. The number of phosphoric ester groups is 3. The highest BCUT2D eigenvalue weighted by Gasteiger charge is 2.32. The van der Waals surface area contributed by atoms with E-state index in [0.29, 0.717) is 80.4 Å². The van der Waals surface area contributed by atoms with Crippen molar-refractivity contribution in [2.75, 3.05) is 39.6 Å². The molecule has 61 heavy (non-hydrogen) atoms. The Morgan fingerprint density at radius 3 is 1.44 bits per heavy atom. The normalized spacial score (nSPS) is 13.8. The van der Waals surface area contributed by atoms with Crippen LogP contribution in [0.15, 0.2) is 54.6 Å². The van der Waals surface area contributed by atoms with Gasteiger partial charge in [0.1, 0.15) is 17.3 Å². The van der Waals surface area contributed by atoms with Crippen LogP contribution in [0.4, 0.5) is 8.78 Å². The lowest BCUT2D eigenvalue weighted by Gasteiger charge is -2.20. The van der Waals surface area contributed by atoms with Crippen LogP contribution in [0.5, 0.6) is 17.2 Å². The molecule has 3 aromatic carbocycles. The minimum absolute atomic E-state index is 0.00329. The lowest BCUT2D eigenvalue weighted by atomic mass is 10.1. The van der Waals surface area contributed by atoms with Crippen molar-refractivity contribution >= 4 is 46.7 Å². The SMILES string of the molecule is CCCCOP(=O)(OCCCCc1ccc(F)c(OP(=O)(OCCCC)OCCCC)c1)Oc1ccc(CCCCOP(=O)(OCCCC)Oc2ccc(Cl)cc2Cl)c(F)c1. The lowest BCUT2D eigenvalue weighted by molar-refractivity contribution is 0.150. The Kier molecular flexibility index (Phi) is 25.1. The van der Waals surface area contributed by atoms with Gasteiger partial charge in [-0.3, -0.25) is 27.1 Å². The van der Waals surface area contributed by atoms with Gasteiger partial charge in [-0.15, -0.1) is 0 Å². The Hall–Kier alpha value is -2.05. The minimum Gasteiger partial charge on any atom is -0.404 e. The third-order valence-corrected chi connectivity index (χ3v) is 13.5. The van der Waals surface area contributed by atoms with E-state index in [9.17, 15) is 18.1 Å². The summed E-state index contributed by atoms with van der Waals surface area (Å²) in [5, 5.41) is 0.542. The smallest absolute Gasteiger partial charge is 0.404 e. The Balaban J connectivity index is 1.53. The molecule has 0 heterocycles. The number of benzene rings is 3. The predicted octanol–water partition coefficient (Wildman–Crippen LogP) is 15.1. The number of phosphoric acid groups is 3. The fraction of sp³-hybridized carbons (Fsp3) is 0.571. The molecule has 0 amide bonds. The van der Waals surface area contributed by atoms with Crippen LogP contribution in [0.1, 0.15) is 116 Å². The summed E-state index contributed by atoms with van der Waals surface area (Å²) in [7, 11) is -12.2. The Bertz CT molecular complexity index is 1880. The number of aryl methyl sites for hydroxylation is 2. The number of rotatable bonds is 34. The summed E-state index contributed by atoms with van der Waals surface area (Å²) in [4.78, 5) is 0. The first-order chi connectivity index (χ1) is 29.3. The average Bonchev–Trinajstić information content (AvgIpc) is 3.21. The van der Waals surface area contributed by atoms with Gasteiger partial charge in [-0.25, -0.2) is 22.5 Å².